The summed E-state index contributed by atoms with van der Waals surface area (Å²) in [6.07, 6.45) is 0.995. The Morgan fingerprint density at radius 1 is 0.833 bits per heavy atom. The zero-order valence-electron chi connectivity index (χ0n) is 16.5. The van der Waals surface area contributed by atoms with E-state index in [9.17, 15) is 4.79 Å². The van der Waals surface area contributed by atoms with Gasteiger partial charge in [-0.1, -0.05) is 49.4 Å². The summed E-state index contributed by atoms with van der Waals surface area (Å²) in [5, 5.41) is 14.2. The molecule has 0 aliphatic carbocycles. The first kappa shape index (κ1) is 18.1. The van der Waals surface area contributed by atoms with Crippen LogP contribution in [0.15, 0.2) is 84.9 Å². The highest BCUT2D eigenvalue weighted by Crippen LogP contribution is 2.20. The molecule has 1 heterocycles. The second kappa shape index (κ2) is 7.44. The third-order valence-electron chi connectivity index (χ3n) is 5.23. The van der Waals surface area contributed by atoms with Gasteiger partial charge in [0.1, 0.15) is 11.0 Å². The molecule has 5 heteroatoms. The number of anilines is 1. The van der Waals surface area contributed by atoms with E-state index in [2.05, 4.69) is 34.6 Å². The van der Waals surface area contributed by atoms with Crippen LogP contribution < -0.4 is 5.32 Å². The normalized spacial score (nSPS) is 11.1. The Balaban J connectivity index is 1.40. The summed E-state index contributed by atoms with van der Waals surface area (Å²) >= 11 is 0. The fraction of sp³-hybridized carbons (Fsp3) is 0.0800. The van der Waals surface area contributed by atoms with Crippen LogP contribution in [0.5, 0.6) is 0 Å². The highest BCUT2D eigenvalue weighted by Gasteiger charge is 2.10. The molecule has 5 nitrogen and oxygen atoms in total. The molecule has 0 unspecified atom stereocenters. The zero-order valence-corrected chi connectivity index (χ0v) is 16.5. The fourth-order valence-electron chi connectivity index (χ4n) is 3.51. The summed E-state index contributed by atoms with van der Waals surface area (Å²) in [7, 11) is 0. The molecule has 0 fully saturated rings. The Kier molecular flexibility index (Phi) is 4.48. The third kappa shape index (κ3) is 3.42. The molecule has 0 bridgehead atoms. The van der Waals surface area contributed by atoms with Crippen molar-refractivity contribution in [3.05, 3.63) is 96.1 Å². The van der Waals surface area contributed by atoms with Crippen LogP contribution in [-0.2, 0) is 6.42 Å². The molecule has 0 atom stereocenters. The summed E-state index contributed by atoms with van der Waals surface area (Å²) in [6, 6.07) is 27.5. The van der Waals surface area contributed by atoms with Crippen molar-refractivity contribution in [2.24, 2.45) is 0 Å². The summed E-state index contributed by atoms with van der Waals surface area (Å²) in [5.41, 5.74) is 4.99. The van der Waals surface area contributed by atoms with Gasteiger partial charge in [0.05, 0.1) is 5.69 Å². The molecule has 0 saturated heterocycles. The summed E-state index contributed by atoms with van der Waals surface area (Å²) in [5.74, 6) is -0.150. The molecule has 4 aromatic carbocycles. The van der Waals surface area contributed by atoms with E-state index >= 15 is 0 Å². The molecule has 0 radical (unpaired) electrons. The van der Waals surface area contributed by atoms with Crippen LogP contribution in [0.1, 0.15) is 22.8 Å². The highest BCUT2D eigenvalue weighted by molar-refractivity contribution is 6.07. The van der Waals surface area contributed by atoms with Crippen LogP contribution in [-0.4, -0.2) is 20.9 Å². The molecule has 0 aliphatic rings. The molecule has 0 saturated carbocycles. The number of benzene rings is 4. The SMILES string of the molecule is CCc1ccc(-n2nc3ccc(NC(=O)c4ccc5ccccc5c4)cc3n2)cc1. The van der Waals surface area contributed by atoms with E-state index < -0.39 is 0 Å². The van der Waals surface area contributed by atoms with Crippen molar-refractivity contribution in [3.63, 3.8) is 0 Å². The number of carbonyl (C=O) groups excluding carboxylic acids is 1. The number of fused-ring (bicyclic) bond motifs is 2. The van der Waals surface area contributed by atoms with Gasteiger partial charge in [-0.3, -0.25) is 4.79 Å². The van der Waals surface area contributed by atoms with Crippen molar-refractivity contribution < 1.29 is 4.79 Å². The smallest absolute Gasteiger partial charge is 0.255 e. The molecule has 5 rings (SSSR count). The van der Waals surface area contributed by atoms with Crippen LogP contribution in [0.4, 0.5) is 5.69 Å². The van der Waals surface area contributed by atoms with Gasteiger partial charge in [-0.2, -0.15) is 4.80 Å². The number of hydrogen-bond acceptors (Lipinski definition) is 3. The number of amides is 1. The van der Waals surface area contributed by atoms with Gasteiger partial charge in [0.15, 0.2) is 0 Å². The van der Waals surface area contributed by atoms with E-state index in [1.165, 1.54) is 5.56 Å². The minimum atomic E-state index is -0.150. The van der Waals surface area contributed by atoms with Crippen molar-refractivity contribution in [3.8, 4) is 5.69 Å². The molecule has 5 aromatic rings. The van der Waals surface area contributed by atoms with Crippen molar-refractivity contribution in [1.82, 2.24) is 15.0 Å². The Bertz CT molecular complexity index is 1370. The number of hydrogen-bond donors (Lipinski definition) is 1. The number of aromatic nitrogens is 3. The second-order valence-electron chi connectivity index (χ2n) is 7.23. The van der Waals surface area contributed by atoms with Crippen molar-refractivity contribution in [2.45, 2.75) is 13.3 Å². The van der Waals surface area contributed by atoms with Gasteiger partial charge in [-0.25, -0.2) is 0 Å². The number of rotatable bonds is 4. The second-order valence-corrected chi connectivity index (χ2v) is 7.23. The van der Waals surface area contributed by atoms with Crippen molar-refractivity contribution in [1.29, 1.82) is 0 Å². The van der Waals surface area contributed by atoms with Gasteiger partial charge in [-0.05, 0) is 65.2 Å². The molecule has 0 aliphatic heterocycles. The third-order valence-corrected chi connectivity index (χ3v) is 5.23. The minimum absolute atomic E-state index is 0.150. The summed E-state index contributed by atoms with van der Waals surface area (Å²) in [4.78, 5) is 14.4. The maximum Gasteiger partial charge on any atom is 0.255 e. The first-order chi connectivity index (χ1) is 14.7. The first-order valence-corrected chi connectivity index (χ1v) is 9.96. The van der Waals surface area contributed by atoms with E-state index in [4.69, 9.17) is 0 Å². The van der Waals surface area contributed by atoms with Crippen molar-refractivity contribution in [2.75, 3.05) is 5.32 Å². The van der Waals surface area contributed by atoms with Crippen LogP contribution in [0.3, 0.4) is 0 Å². The van der Waals surface area contributed by atoms with Crippen LogP contribution in [0, 0.1) is 0 Å². The molecule has 1 amide bonds. The van der Waals surface area contributed by atoms with E-state index in [0.29, 0.717) is 11.3 Å². The van der Waals surface area contributed by atoms with Gasteiger partial charge in [-0.15, -0.1) is 10.2 Å². The van der Waals surface area contributed by atoms with Crippen molar-refractivity contribution >= 4 is 33.4 Å². The monoisotopic (exact) mass is 392 g/mol. The number of carbonyl (C=O) groups is 1. The highest BCUT2D eigenvalue weighted by atomic mass is 16.1. The number of aryl methyl sites for hydroxylation is 1. The lowest BCUT2D eigenvalue weighted by molar-refractivity contribution is 0.102. The van der Waals surface area contributed by atoms with Crippen LogP contribution >= 0.6 is 0 Å². The number of nitrogens with one attached hydrogen (secondary N) is 1. The summed E-state index contributed by atoms with van der Waals surface area (Å²) < 4.78 is 0. The molecular weight excluding hydrogens is 372 g/mol. The predicted molar refractivity (Wildman–Crippen MR) is 120 cm³/mol. The largest absolute Gasteiger partial charge is 0.322 e. The Hall–Kier alpha value is -3.99. The maximum absolute atomic E-state index is 12.7. The Labute approximate surface area is 174 Å². The maximum atomic E-state index is 12.7. The van der Waals surface area contributed by atoms with E-state index in [1.807, 2.05) is 72.8 Å². The molecule has 0 spiro atoms. The lowest BCUT2D eigenvalue weighted by Crippen LogP contribution is -2.11. The van der Waals surface area contributed by atoms with Gasteiger partial charge < -0.3 is 5.32 Å². The summed E-state index contributed by atoms with van der Waals surface area (Å²) in [6.45, 7) is 2.13. The van der Waals surface area contributed by atoms with Gasteiger partial charge in [0, 0.05) is 11.3 Å². The quantitative estimate of drug-likeness (QED) is 0.446. The zero-order chi connectivity index (χ0) is 20.5. The van der Waals surface area contributed by atoms with Gasteiger partial charge in [0.2, 0.25) is 0 Å². The van der Waals surface area contributed by atoms with E-state index in [1.54, 1.807) is 4.80 Å². The molecule has 1 aromatic heterocycles. The van der Waals surface area contributed by atoms with Gasteiger partial charge in [0.25, 0.3) is 5.91 Å². The standard InChI is InChI=1S/C25H20N4O/c1-2-17-7-12-22(13-8-17)29-27-23-14-11-21(16-24(23)28-29)26-25(30)20-10-9-18-5-3-4-6-19(18)15-20/h3-16H,2H2,1H3,(H,26,30). The minimum Gasteiger partial charge on any atom is -0.322 e. The lowest BCUT2D eigenvalue weighted by Gasteiger charge is -2.06. The molecule has 146 valence electrons. The molecule has 1 N–H and O–H groups in total. The van der Waals surface area contributed by atoms with E-state index in [-0.39, 0.29) is 5.91 Å². The molecular formula is C25H20N4O. The Morgan fingerprint density at radius 2 is 1.60 bits per heavy atom. The average Bonchev–Trinajstić information content (AvgIpc) is 3.22. The lowest BCUT2D eigenvalue weighted by atomic mass is 10.1. The predicted octanol–water partition coefficient (Wildman–Crippen LogP) is 5.39. The van der Waals surface area contributed by atoms with Gasteiger partial charge >= 0.3 is 0 Å². The van der Waals surface area contributed by atoms with Crippen LogP contribution in [0.2, 0.25) is 0 Å². The van der Waals surface area contributed by atoms with Crippen LogP contribution in [0.25, 0.3) is 27.5 Å². The first-order valence-electron chi connectivity index (χ1n) is 9.96. The topological polar surface area (TPSA) is 59.8 Å². The fourth-order valence-corrected chi connectivity index (χ4v) is 3.51. The van der Waals surface area contributed by atoms with E-state index in [0.717, 1.165) is 33.9 Å². The Morgan fingerprint density at radius 3 is 2.40 bits per heavy atom. The molecule has 30 heavy (non-hydrogen) atoms. The number of nitrogens with zero attached hydrogens (tertiary/aromatic N) is 3. The average molecular weight is 392 g/mol.